The standard InChI is InChI=1S/C25H31N5O3/c1-15-7-6-10-19(16(15)2)28-22(31)20-21-23(32)30(18-11-12-18)25(3,13-29(21)14-26-20)24(33)27-17-8-4-5-9-17/h6-7,10,14,17-18H,4-5,8-9,11-13H2,1-3H3,(H,27,33)(H,28,31). The van der Waals surface area contributed by atoms with Crippen LogP contribution in [0.25, 0.3) is 0 Å². The lowest BCUT2D eigenvalue weighted by Gasteiger charge is -2.44. The number of fused-ring (bicyclic) bond motifs is 1. The Hall–Kier alpha value is -3.16. The van der Waals surface area contributed by atoms with E-state index in [0.717, 1.165) is 49.7 Å². The summed E-state index contributed by atoms with van der Waals surface area (Å²) in [5.74, 6) is -0.826. The third-order valence-electron chi connectivity index (χ3n) is 7.43. The summed E-state index contributed by atoms with van der Waals surface area (Å²) >= 11 is 0. The second-order valence-corrected chi connectivity index (χ2v) is 9.91. The van der Waals surface area contributed by atoms with Gasteiger partial charge in [-0.3, -0.25) is 14.4 Å². The van der Waals surface area contributed by atoms with Crippen LogP contribution in [-0.4, -0.2) is 49.8 Å². The fourth-order valence-corrected chi connectivity index (χ4v) is 5.20. The van der Waals surface area contributed by atoms with Crippen molar-refractivity contribution in [1.82, 2.24) is 19.8 Å². The zero-order chi connectivity index (χ0) is 23.3. The molecular weight excluding hydrogens is 418 g/mol. The van der Waals surface area contributed by atoms with Crippen molar-refractivity contribution in [3.05, 3.63) is 47.0 Å². The van der Waals surface area contributed by atoms with Crippen LogP contribution in [-0.2, 0) is 11.3 Å². The summed E-state index contributed by atoms with van der Waals surface area (Å²) in [4.78, 5) is 46.3. The molecule has 2 N–H and O–H groups in total. The smallest absolute Gasteiger partial charge is 0.276 e. The molecule has 3 aliphatic rings. The maximum Gasteiger partial charge on any atom is 0.276 e. The lowest BCUT2D eigenvalue weighted by molar-refractivity contribution is -0.134. The van der Waals surface area contributed by atoms with Gasteiger partial charge in [-0.25, -0.2) is 4.98 Å². The molecule has 1 atom stereocenters. The van der Waals surface area contributed by atoms with Crippen molar-refractivity contribution in [3.8, 4) is 0 Å². The Morgan fingerprint density at radius 1 is 1.12 bits per heavy atom. The first kappa shape index (κ1) is 21.7. The first-order valence-corrected chi connectivity index (χ1v) is 11.9. The largest absolute Gasteiger partial charge is 0.351 e. The third-order valence-corrected chi connectivity index (χ3v) is 7.43. The summed E-state index contributed by atoms with van der Waals surface area (Å²) < 4.78 is 1.67. The molecule has 0 spiro atoms. The van der Waals surface area contributed by atoms with Crippen LogP contribution >= 0.6 is 0 Å². The maximum atomic E-state index is 13.7. The molecule has 2 fully saturated rings. The van der Waals surface area contributed by atoms with Gasteiger partial charge in [0.05, 0.1) is 12.9 Å². The number of amides is 3. The van der Waals surface area contributed by atoms with Crippen molar-refractivity contribution in [3.63, 3.8) is 0 Å². The molecular formula is C25H31N5O3. The Morgan fingerprint density at radius 2 is 1.85 bits per heavy atom. The van der Waals surface area contributed by atoms with Gasteiger partial charge in [-0.2, -0.15) is 0 Å². The van der Waals surface area contributed by atoms with Crippen LogP contribution < -0.4 is 10.6 Å². The van der Waals surface area contributed by atoms with Gasteiger partial charge in [0.15, 0.2) is 5.69 Å². The Kier molecular flexibility index (Phi) is 5.26. The Bertz CT molecular complexity index is 1130. The predicted molar refractivity (Wildman–Crippen MR) is 124 cm³/mol. The summed E-state index contributed by atoms with van der Waals surface area (Å²) in [6, 6.07) is 5.90. The molecule has 1 aromatic carbocycles. The minimum atomic E-state index is -1.00. The molecule has 2 aromatic rings. The number of nitrogens with zero attached hydrogens (tertiary/aromatic N) is 3. The summed E-state index contributed by atoms with van der Waals surface area (Å²) in [6.45, 7) is 6.05. The van der Waals surface area contributed by atoms with E-state index in [1.165, 1.54) is 6.33 Å². The van der Waals surface area contributed by atoms with Crippen LogP contribution in [0.1, 0.15) is 77.6 Å². The molecule has 0 radical (unpaired) electrons. The van der Waals surface area contributed by atoms with Crippen LogP contribution in [0.3, 0.4) is 0 Å². The monoisotopic (exact) mass is 449 g/mol. The Morgan fingerprint density at radius 3 is 2.55 bits per heavy atom. The highest BCUT2D eigenvalue weighted by molar-refractivity contribution is 6.12. The minimum Gasteiger partial charge on any atom is -0.351 e. The first-order valence-electron chi connectivity index (χ1n) is 11.9. The fourth-order valence-electron chi connectivity index (χ4n) is 5.20. The van der Waals surface area contributed by atoms with Gasteiger partial charge in [-0.1, -0.05) is 25.0 Å². The maximum absolute atomic E-state index is 13.7. The molecule has 1 aromatic heterocycles. The van der Waals surface area contributed by atoms with Gasteiger partial charge >= 0.3 is 0 Å². The topological polar surface area (TPSA) is 96.3 Å². The van der Waals surface area contributed by atoms with E-state index in [4.69, 9.17) is 0 Å². The number of nitrogens with one attached hydrogen (secondary N) is 2. The second-order valence-electron chi connectivity index (χ2n) is 9.91. The molecule has 174 valence electrons. The summed E-state index contributed by atoms with van der Waals surface area (Å²) in [5.41, 5.74) is 2.10. The van der Waals surface area contributed by atoms with Gasteiger partial charge in [-0.05, 0) is 63.6 Å². The van der Waals surface area contributed by atoms with E-state index in [1.54, 1.807) is 9.47 Å². The highest BCUT2D eigenvalue weighted by Crippen LogP contribution is 2.39. The van der Waals surface area contributed by atoms with Crippen LogP contribution in [0.15, 0.2) is 24.5 Å². The predicted octanol–water partition coefficient (Wildman–Crippen LogP) is 3.19. The second kappa shape index (κ2) is 8.01. The Labute approximate surface area is 193 Å². The van der Waals surface area contributed by atoms with Crippen LogP contribution in [0, 0.1) is 13.8 Å². The number of anilines is 1. The Balaban J connectivity index is 1.45. The molecule has 1 unspecified atom stereocenters. The molecule has 33 heavy (non-hydrogen) atoms. The van der Waals surface area contributed by atoms with Gasteiger partial charge in [0, 0.05) is 17.8 Å². The van der Waals surface area contributed by atoms with Gasteiger partial charge in [0.2, 0.25) is 5.91 Å². The molecule has 5 rings (SSSR count). The summed E-state index contributed by atoms with van der Waals surface area (Å²) in [6.07, 6.45) is 7.47. The molecule has 0 bridgehead atoms. The quantitative estimate of drug-likeness (QED) is 0.733. The summed E-state index contributed by atoms with van der Waals surface area (Å²) in [5, 5.41) is 6.09. The fraction of sp³-hybridized carbons (Fsp3) is 0.520. The lowest BCUT2D eigenvalue weighted by Crippen LogP contribution is -2.65. The third kappa shape index (κ3) is 3.71. The molecule has 2 aliphatic carbocycles. The van der Waals surface area contributed by atoms with E-state index in [0.29, 0.717) is 5.69 Å². The van der Waals surface area contributed by atoms with Gasteiger partial charge in [0.1, 0.15) is 11.2 Å². The van der Waals surface area contributed by atoms with Crippen LogP contribution in [0.2, 0.25) is 0 Å². The zero-order valence-electron chi connectivity index (χ0n) is 19.5. The van der Waals surface area contributed by atoms with Crippen molar-refractivity contribution < 1.29 is 14.4 Å². The molecule has 8 heteroatoms. The normalized spacial score (nSPS) is 22.9. The molecule has 1 aliphatic heterocycles. The van der Waals surface area contributed by atoms with Crippen LogP contribution in [0.4, 0.5) is 5.69 Å². The van der Waals surface area contributed by atoms with Gasteiger partial charge in [-0.15, -0.1) is 0 Å². The molecule has 2 saturated carbocycles. The number of aryl methyl sites for hydroxylation is 1. The van der Waals surface area contributed by atoms with E-state index < -0.39 is 11.4 Å². The van der Waals surface area contributed by atoms with E-state index >= 15 is 0 Å². The van der Waals surface area contributed by atoms with E-state index in [9.17, 15) is 14.4 Å². The van der Waals surface area contributed by atoms with Crippen molar-refractivity contribution >= 4 is 23.4 Å². The van der Waals surface area contributed by atoms with Crippen LogP contribution in [0.5, 0.6) is 0 Å². The highest BCUT2D eigenvalue weighted by atomic mass is 16.2. The molecule has 0 saturated heterocycles. The number of aromatic nitrogens is 2. The van der Waals surface area contributed by atoms with Crippen molar-refractivity contribution in [2.24, 2.45) is 0 Å². The van der Waals surface area contributed by atoms with Crippen molar-refractivity contribution in [2.75, 3.05) is 5.32 Å². The SMILES string of the molecule is Cc1cccc(NC(=O)c2ncn3c2C(=O)N(C2CC2)C(C)(C(=O)NC2CCCC2)C3)c1C. The van der Waals surface area contributed by atoms with E-state index in [-0.39, 0.29) is 41.8 Å². The number of hydrogen-bond acceptors (Lipinski definition) is 4. The molecule has 2 heterocycles. The number of rotatable bonds is 5. The van der Waals surface area contributed by atoms with Gasteiger partial charge in [0.25, 0.3) is 11.8 Å². The van der Waals surface area contributed by atoms with Crippen molar-refractivity contribution in [1.29, 1.82) is 0 Å². The number of benzene rings is 1. The number of imidazole rings is 1. The number of hydrogen-bond donors (Lipinski definition) is 2. The summed E-state index contributed by atoms with van der Waals surface area (Å²) in [7, 11) is 0. The average Bonchev–Trinajstić information content (AvgIpc) is 3.29. The highest BCUT2D eigenvalue weighted by Gasteiger charge is 2.54. The molecule has 3 amide bonds. The number of carbonyl (C=O) groups is 3. The van der Waals surface area contributed by atoms with E-state index in [2.05, 4.69) is 15.6 Å². The number of carbonyl (C=O) groups excluding carboxylic acids is 3. The average molecular weight is 450 g/mol. The zero-order valence-corrected chi connectivity index (χ0v) is 19.5. The molecule has 8 nitrogen and oxygen atoms in total. The van der Waals surface area contributed by atoms with Crippen molar-refractivity contribution in [2.45, 2.75) is 83.5 Å². The first-order chi connectivity index (χ1) is 15.8. The minimum absolute atomic E-state index is 0.0235. The lowest BCUT2D eigenvalue weighted by atomic mass is 9.93. The van der Waals surface area contributed by atoms with E-state index in [1.807, 2.05) is 39.0 Å². The van der Waals surface area contributed by atoms with Gasteiger partial charge < -0.3 is 20.1 Å².